The molecule has 0 bridgehead atoms. The number of nitrogens with zero attached hydrogens (tertiary/aromatic N) is 3. The van der Waals surface area contributed by atoms with Gasteiger partial charge in [0.2, 0.25) is 0 Å². The van der Waals surface area contributed by atoms with Crippen molar-refractivity contribution in [2.75, 3.05) is 32.3 Å². The molecular formula is C32H33F6N3O7S2. The summed E-state index contributed by atoms with van der Waals surface area (Å²) in [6.45, 7) is 4.51. The smallest absolute Gasteiger partial charge is 0.416 e. The molecule has 10 nitrogen and oxygen atoms in total. The fourth-order valence-corrected chi connectivity index (χ4v) is 7.31. The van der Waals surface area contributed by atoms with E-state index in [0.717, 1.165) is 23.3 Å². The SMILES string of the molecule is CCOC(=O)c1cnc(SCc2cc3c(cc2OC)[C@@H](N(Cc2cc(C(F)(F)F)cc(C(F)(F)F)c2)C(=O)OC)C[C@@H](C)N3C(=O)OCC)s1. The van der Waals surface area contributed by atoms with Crippen LogP contribution in [0.25, 0.3) is 0 Å². The van der Waals surface area contributed by atoms with Gasteiger partial charge in [0.25, 0.3) is 0 Å². The first kappa shape index (κ1) is 38.6. The maximum Gasteiger partial charge on any atom is 0.416 e. The lowest BCUT2D eigenvalue weighted by molar-refractivity contribution is -0.143. The molecule has 0 fully saturated rings. The average Bonchev–Trinajstić information content (AvgIpc) is 3.54. The number of halogens is 6. The van der Waals surface area contributed by atoms with Crippen molar-refractivity contribution in [2.45, 2.75) is 68.3 Å². The van der Waals surface area contributed by atoms with Crippen LogP contribution in [0.15, 0.2) is 40.9 Å². The zero-order valence-electron chi connectivity index (χ0n) is 27.4. The lowest BCUT2D eigenvalue weighted by Crippen LogP contribution is -2.47. The van der Waals surface area contributed by atoms with Gasteiger partial charge in [-0.25, -0.2) is 19.4 Å². The highest BCUT2D eigenvalue weighted by molar-refractivity contribution is 8.00. The minimum absolute atomic E-state index is 0.00888. The molecule has 1 aliphatic rings. The zero-order chi connectivity index (χ0) is 37.0. The van der Waals surface area contributed by atoms with Crippen molar-refractivity contribution in [1.29, 1.82) is 0 Å². The van der Waals surface area contributed by atoms with E-state index in [1.807, 2.05) is 0 Å². The topological polar surface area (TPSA) is 108 Å². The van der Waals surface area contributed by atoms with E-state index in [0.29, 0.717) is 38.2 Å². The summed E-state index contributed by atoms with van der Waals surface area (Å²) in [6, 6.07) is 2.65. The van der Waals surface area contributed by atoms with E-state index >= 15 is 0 Å². The number of alkyl halides is 6. The second-order valence-electron chi connectivity index (χ2n) is 10.9. The van der Waals surface area contributed by atoms with E-state index in [1.54, 1.807) is 32.9 Å². The molecule has 2 atom stereocenters. The lowest BCUT2D eigenvalue weighted by Gasteiger charge is -2.43. The summed E-state index contributed by atoms with van der Waals surface area (Å²) in [6.07, 6.45) is -10.5. The normalized spacial score (nSPS) is 16.0. The molecule has 0 radical (unpaired) electrons. The maximum absolute atomic E-state index is 13.7. The number of carbonyl (C=O) groups is 3. The van der Waals surface area contributed by atoms with Crippen LogP contribution in [-0.2, 0) is 38.9 Å². The number of amides is 2. The number of ether oxygens (including phenoxy) is 4. The molecule has 2 aromatic carbocycles. The molecule has 0 unspecified atom stereocenters. The fraction of sp³-hybridized carbons (Fsp3) is 0.438. The second kappa shape index (κ2) is 15.8. The van der Waals surface area contributed by atoms with Crippen LogP contribution in [0.5, 0.6) is 5.75 Å². The summed E-state index contributed by atoms with van der Waals surface area (Å²) in [5, 5.41) is 0. The molecule has 18 heteroatoms. The van der Waals surface area contributed by atoms with Crippen LogP contribution in [0.3, 0.4) is 0 Å². The Labute approximate surface area is 291 Å². The number of anilines is 1. The second-order valence-corrected chi connectivity index (χ2v) is 13.2. The molecule has 2 amide bonds. The molecule has 272 valence electrons. The van der Waals surface area contributed by atoms with Crippen molar-refractivity contribution >= 4 is 46.9 Å². The lowest BCUT2D eigenvalue weighted by atomic mass is 9.89. The van der Waals surface area contributed by atoms with Crippen LogP contribution in [0.4, 0.5) is 41.6 Å². The Morgan fingerprint density at radius 3 is 2.18 bits per heavy atom. The van der Waals surface area contributed by atoms with Crippen molar-refractivity contribution in [3.05, 3.63) is 69.2 Å². The quantitative estimate of drug-likeness (QED) is 0.0871. The van der Waals surface area contributed by atoms with Gasteiger partial charge in [-0.05, 0) is 63.1 Å². The fourth-order valence-electron chi connectivity index (χ4n) is 5.45. The number of thiazole rings is 1. The number of aromatic nitrogens is 1. The average molecular weight is 750 g/mol. The molecule has 1 aromatic heterocycles. The Kier molecular flexibility index (Phi) is 12.2. The van der Waals surface area contributed by atoms with Gasteiger partial charge in [0.1, 0.15) is 10.6 Å². The van der Waals surface area contributed by atoms with Gasteiger partial charge in [0, 0.05) is 29.5 Å². The van der Waals surface area contributed by atoms with Crippen molar-refractivity contribution in [3.63, 3.8) is 0 Å². The predicted molar refractivity (Wildman–Crippen MR) is 171 cm³/mol. The first-order valence-electron chi connectivity index (χ1n) is 15.1. The molecule has 0 N–H and O–H groups in total. The van der Waals surface area contributed by atoms with Gasteiger partial charge >= 0.3 is 30.5 Å². The van der Waals surface area contributed by atoms with E-state index in [9.17, 15) is 40.7 Å². The molecule has 3 aromatic rings. The number of hydrogen-bond donors (Lipinski definition) is 0. The van der Waals surface area contributed by atoms with Crippen molar-refractivity contribution in [3.8, 4) is 5.75 Å². The van der Waals surface area contributed by atoms with Gasteiger partial charge in [-0.3, -0.25) is 9.80 Å². The van der Waals surface area contributed by atoms with Gasteiger partial charge in [0.05, 0.1) is 56.5 Å². The van der Waals surface area contributed by atoms with E-state index in [4.69, 9.17) is 18.9 Å². The number of methoxy groups -OCH3 is 2. The third-order valence-corrected chi connectivity index (χ3v) is 9.80. The largest absolute Gasteiger partial charge is 0.496 e. The van der Waals surface area contributed by atoms with E-state index in [-0.39, 0.29) is 37.1 Å². The van der Waals surface area contributed by atoms with Crippen molar-refractivity contribution < 1.29 is 59.7 Å². The standard InChI is InChI=1S/C32H33F6N3O7S2/c1-6-47-27(42)26-14-39-28(50-26)49-16-19-11-24-22(13-25(19)45-4)23(8-17(3)41(24)30(44)48-7-2)40(29(43)46-5)15-18-9-20(31(33,34)35)12-21(10-18)32(36,37)38/h9-14,17,23H,6-8,15-16H2,1-5H3/t17-,23+/m1/s1. The third kappa shape index (κ3) is 8.75. The Bertz CT molecular complexity index is 1680. The summed E-state index contributed by atoms with van der Waals surface area (Å²) in [7, 11) is 2.43. The van der Waals surface area contributed by atoms with Gasteiger partial charge in [-0.15, -0.1) is 11.3 Å². The summed E-state index contributed by atoms with van der Waals surface area (Å²) in [5.41, 5.74) is -2.33. The van der Waals surface area contributed by atoms with E-state index in [2.05, 4.69) is 4.98 Å². The molecule has 4 rings (SSSR count). The molecule has 0 saturated heterocycles. The van der Waals surface area contributed by atoms with Crippen LogP contribution in [-0.4, -0.2) is 61.5 Å². The number of esters is 1. The van der Waals surface area contributed by atoms with Crippen LogP contribution >= 0.6 is 23.1 Å². The first-order chi connectivity index (χ1) is 23.5. The highest BCUT2D eigenvalue weighted by Gasteiger charge is 2.41. The molecular weight excluding hydrogens is 716 g/mol. The molecule has 1 aliphatic heterocycles. The first-order valence-corrected chi connectivity index (χ1v) is 16.9. The number of thioether (sulfide) groups is 1. The van der Waals surface area contributed by atoms with Crippen LogP contribution in [0, 0.1) is 0 Å². The Morgan fingerprint density at radius 2 is 1.62 bits per heavy atom. The number of benzene rings is 2. The number of rotatable bonds is 10. The summed E-state index contributed by atoms with van der Waals surface area (Å²) >= 11 is 2.39. The van der Waals surface area contributed by atoms with Gasteiger partial charge in [0.15, 0.2) is 4.34 Å². The highest BCUT2D eigenvalue weighted by atomic mass is 32.2. The van der Waals surface area contributed by atoms with Crippen molar-refractivity contribution in [2.24, 2.45) is 0 Å². The molecule has 0 spiro atoms. The Morgan fingerprint density at radius 1 is 0.980 bits per heavy atom. The minimum Gasteiger partial charge on any atom is -0.496 e. The Hall–Kier alpha value is -4.19. The third-order valence-electron chi connectivity index (χ3n) is 7.62. The van der Waals surface area contributed by atoms with E-state index < -0.39 is 65.8 Å². The van der Waals surface area contributed by atoms with Crippen molar-refractivity contribution in [1.82, 2.24) is 9.88 Å². The zero-order valence-corrected chi connectivity index (χ0v) is 29.1. The number of hydrogen-bond acceptors (Lipinski definition) is 10. The minimum atomic E-state index is -5.10. The maximum atomic E-state index is 13.7. The van der Waals surface area contributed by atoms with Gasteiger partial charge in [-0.1, -0.05) is 11.8 Å². The molecule has 0 aliphatic carbocycles. The Balaban J connectivity index is 1.80. The van der Waals surface area contributed by atoms with Crippen LogP contribution < -0.4 is 9.64 Å². The van der Waals surface area contributed by atoms with E-state index in [1.165, 1.54) is 30.0 Å². The summed E-state index contributed by atoms with van der Waals surface area (Å²) in [4.78, 5) is 45.6. The monoisotopic (exact) mass is 749 g/mol. The molecule has 0 saturated carbocycles. The highest BCUT2D eigenvalue weighted by Crippen LogP contribution is 2.46. The number of fused-ring (bicyclic) bond motifs is 1. The summed E-state index contributed by atoms with van der Waals surface area (Å²) in [5.74, 6) is 0.0425. The van der Waals surface area contributed by atoms with Crippen LogP contribution in [0.1, 0.15) is 70.7 Å². The molecule has 2 heterocycles. The molecule has 50 heavy (non-hydrogen) atoms. The van der Waals surface area contributed by atoms with Gasteiger partial charge in [-0.2, -0.15) is 26.3 Å². The summed E-state index contributed by atoms with van der Waals surface area (Å²) < 4.78 is 104. The predicted octanol–water partition coefficient (Wildman–Crippen LogP) is 8.72. The number of carbonyl (C=O) groups excluding carboxylic acids is 3. The van der Waals surface area contributed by atoms with Crippen LogP contribution in [0.2, 0.25) is 0 Å². The van der Waals surface area contributed by atoms with Gasteiger partial charge < -0.3 is 18.9 Å².